The zero-order valence-electron chi connectivity index (χ0n) is 20.9. The maximum Gasteiger partial charge on any atom is 0.270 e. The van der Waals surface area contributed by atoms with Crippen LogP contribution in [0.25, 0.3) is 0 Å². The van der Waals surface area contributed by atoms with E-state index in [4.69, 9.17) is 4.99 Å². The lowest BCUT2D eigenvalue weighted by atomic mass is 10.1. The molecule has 0 radical (unpaired) electrons. The molecule has 192 valence electrons. The number of aliphatic imine (C=N–C) groups is 2. The average molecular weight is 526 g/mol. The Hall–Kier alpha value is -4.24. The molecule has 0 aliphatic carbocycles. The maximum atomic E-state index is 13.0. The molecule has 38 heavy (non-hydrogen) atoms. The highest BCUT2D eigenvalue weighted by Gasteiger charge is 2.41. The molecule has 2 aliphatic heterocycles. The Kier molecular flexibility index (Phi) is 7.65. The number of hydrogen-bond donors (Lipinski definition) is 2. The highest BCUT2D eigenvalue weighted by atomic mass is 32.2. The standard InChI is InChI=1S/C29H27N5O3S/c1-19-8-7-11-21(16-19)31-26(36)18-38-29-32-23-13-6-5-12-22(23)27-33-28(37)24(34(27)29)14-15-25(35)30-17-20-9-3-2-4-10-20/h2-13,16,24H,14-15,17-18H2,1H3,(H,30,35)(H,31,36). The predicted molar refractivity (Wildman–Crippen MR) is 150 cm³/mol. The van der Waals surface area contributed by atoms with Crippen LogP contribution in [0.15, 0.2) is 88.8 Å². The molecule has 8 nitrogen and oxygen atoms in total. The van der Waals surface area contributed by atoms with Crippen molar-refractivity contribution < 1.29 is 14.4 Å². The van der Waals surface area contributed by atoms with E-state index in [1.807, 2.05) is 85.8 Å². The molecule has 0 aromatic heterocycles. The number of aryl methyl sites for hydroxylation is 1. The third-order valence-corrected chi connectivity index (χ3v) is 7.17. The Morgan fingerprint density at radius 1 is 0.947 bits per heavy atom. The van der Waals surface area contributed by atoms with Gasteiger partial charge >= 0.3 is 0 Å². The first-order valence-electron chi connectivity index (χ1n) is 12.4. The van der Waals surface area contributed by atoms with Crippen LogP contribution in [0, 0.1) is 6.92 Å². The van der Waals surface area contributed by atoms with Crippen molar-refractivity contribution in [2.75, 3.05) is 11.1 Å². The van der Waals surface area contributed by atoms with Crippen molar-refractivity contribution in [1.82, 2.24) is 10.2 Å². The monoisotopic (exact) mass is 525 g/mol. The molecule has 0 spiro atoms. The Bertz CT molecular complexity index is 1440. The molecule has 0 bridgehead atoms. The van der Waals surface area contributed by atoms with Gasteiger partial charge in [0.05, 0.1) is 11.4 Å². The molecule has 9 heteroatoms. The second-order valence-electron chi connectivity index (χ2n) is 9.08. The summed E-state index contributed by atoms with van der Waals surface area (Å²) in [4.78, 5) is 49.1. The number of benzene rings is 3. The highest BCUT2D eigenvalue weighted by Crippen LogP contribution is 2.35. The normalized spacial score (nSPS) is 15.8. The van der Waals surface area contributed by atoms with Crippen LogP contribution in [0.1, 0.15) is 29.5 Å². The molecular weight excluding hydrogens is 498 g/mol. The van der Waals surface area contributed by atoms with Gasteiger partial charge in [0.2, 0.25) is 11.8 Å². The van der Waals surface area contributed by atoms with Gasteiger partial charge in [-0.05, 0) is 48.7 Å². The maximum absolute atomic E-state index is 13.0. The van der Waals surface area contributed by atoms with Crippen LogP contribution in [0.4, 0.5) is 11.4 Å². The van der Waals surface area contributed by atoms with Gasteiger partial charge in [-0.2, -0.15) is 4.99 Å². The van der Waals surface area contributed by atoms with Gasteiger partial charge in [-0.1, -0.05) is 66.4 Å². The summed E-state index contributed by atoms with van der Waals surface area (Å²) in [5.74, 6) is -0.0156. The quantitative estimate of drug-likeness (QED) is 0.453. The first-order chi connectivity index (χ1) is 18.5. The van der Waals surface area contributed by atoms with Crippen molar-refractivity contribution in [2.24, 2.45) is 9.98 Å². The lowest BCUT2D eigenvalue weighted by molar-refractivity contribution is -0.122. The van der Waals surface area contributed by atoms with Crippen LogP contribution in [0.5, 0.6) is 0 Å². The van der Waals surface area contributed by atoms with E-state index < -0.39 is 6.04 Å². The number of carbonyl (C=O) groups is 3. The number of thioether (sulfide) groups is 1. The van der Waals surface area contributed by atoms with E-state index in [0.29, 0.717) is 23.2 Å². The molecule has 3 aromatic rings. The summed E-state index contributed by atoms with van der Waals surface area (Å²) in [6.45, 7) is 2.39. The van der Waals surface area contributed by atoms with Gasteiger partial charge < -0.3 is 10.6 Å². The molecule has 2 heterocycles. The highest BCUT2D eigenvalue weighted by molar-refractivity contribution is 8.14. The minimum atomic E-state index is -0.660. The minimum Gasteiger partial charge on any atom is -0.352 e. The lowest BCUT2D eigenvalue weighted by Gasteiger charge is -2.31. The zero-order chi connectivity index (χ0) is 26.5. The number of para-hydroxylation sites is 1. The smallest absolute Gasteiger partial charge is 0.270 e. The molecule has 2 aliphatic rings. The molecule has 1 unspecified atom stereocenters. The fourth-order valence-corrected chi connectivity index (χ4v) is 5.23. The number of fused-ring (bicyclic) bond motifs is 3. The Balaban J connectivity index is 1.27. The summed E-state index contributed by atoms with van der Waals surface area (Å²) in [5.41, 5.74) is 4.23. The van der Waals surface area contributed by atoms with Gasteiger partial charge in [0.15, 0.2) is 5.17 Å². The second kappa shape index (κ2) is 11.4. The fraction of sp³-hybridized carbons (Fsp3) is 0.207. The summed E-state index contributed by atoms with van der Waals surface area (Å²) < 4.78 is 0. The number of nitrogens with one attached hydrogen (secondary N) is 2. The lowest BCUT2D eigenvalue weighted by Crippen LogP contribution is -2.44. The summed E-state index contributed by atoms with van der Waals surface area (Å²) in [5, 5.41) is 6.33. The van der Waals surface area contributed by atoms with Gasteiger partial charge in [-0.25, -0.2) is 4.99 Å². The molecule has 1 atom stereocenters. The molecule has 2 N–H and O–H groups in total. The third-order valence-electron chi connectivity index (χ3n) is 6.22. The van der Waals surface area contributed by atoms with E-state index in [-0.39, 0.29) is 36.3 Å². The van der Waals surface area contributed by atoms with Crippen LogP contribution in [0.2, 0.25) is 0 Å². The average Bonchev–Trinajstić information content (AvgIpc) is 3.26. The number of anilines is 1. The van der Waals surface area contributed by atoms with Gasteiger partial charge in [-0.3, -0.25) is 19.3 Å². The third kappa shape index (κ3) is 5.84. The van der Waals surface area contributed by atoms with E-state index >= 15 is 0 Å². The molecule has 0 saturated heterocycles. The largest absolute Gasteiger partial charge is 0.352 e. The summed E-state index contributed by atoms with van der Waals surface area (Å²) in [7, 11) is 0. The summed E-state index contributed by atoms with van der Waals surface area (Å²) >= 11 is 1.25. The Morgan fingerprint density at radius 3 is 2.55 bits per heavy atom. The number of amidine groups is 2. The van der Waals surface area contributed by atoms with Crippen molar-refractivity contribution >= 4 is 51.9 Å². The minimum absolute atomic E-state index is 0.108. The van der Waals surface area contributed by atoms with E-state index in [1.54, 1.807) is 4.90 Å². The number of hydrogen-bond acceptors (Lipinski definition) is 6. The van der Waals surface area contributed by atoms with Gasteiger partial charge in [0.25, 0.3) is 5.91 Å². The van der Waals surface area contributed by atoms with Crippen molar-refractivity contribution in [3.8, 4) is 0 Å². The van der Waals surface area contributed by atoms with Crippen molar-refractivity contribution in [3.63, 3.8) is 0 Å². The van der Waals surface area contributed by atoms with Crippen LogP contribution in [-0.4, -0.2) is 45.4 Å². The van der Waals surface area contributed by atoms with E-state index in [2.05, 4.69) is 15.6 Å². The van der Waals surface area contributed by atoms with Gasteiger partial charge in [0.1, 0.15) is 11.9 Å². The van der Waals surface area contributed by atoms with Crippen LogP contribution >= 0.6 is 11.8 Å². The number of nitrogens with zero attached hydrogens (tertiary/aromatic N) is 3. The molecule has 0 saturated carbocycles. The SMILES string of the molecule is Cc1cccc(NC(=O)CSC2=Nc3ccccc3C3=NC(=O)C(CCC(=O)NCc4ccccc4)N23)c1. The Labute approximate surface area is 225 Å². The number of carbonyl (C=O) groups excluding carboxylic acids is 3. The first-order valence-corrected chi connectivity index (χ1v) is 13.4. The first kappa shape index (κ1) is 25.4. The number of amides is 3. The second-order valence-corrected chi connectivity index (χ2v) is 10.0. The fourth-order valence-electron chi connectivity index (χ4n) is 4.38. The van der Waals surface area contributed by atoms with Crippen molar-refractivity contribution in [2.45, 2.75) is 32.4 Å². The van der Waals surface area contributed by atoms with E-state index in [0.717, 1.165) is 22.4 Å². The predicted octanol–water partition coefficient (Wildman–Crippen LogP) is 4.42. The van der Waals surface area contributed by atoms with Crippen LogP contribution in [0.3, 0.4) is 0 Å². The molecular formula is C29H27N5O3S. The Morgan fingerprint density at radius 2 is 1.74 bits per heavy atom. The van der Waals surface area contributed by atoms with Crippen molar-refractivity contribution in [1.29, 1.82) is 0 Å². The van der Waals surface area contributed by atoms with E-state index in [9.17, 15) is 14.4 Å². The van der Waals surface area contributed by atoms with E-state index in [1.165, 1.54) is 11.8 Å². The molecule has 3 aromatic carbocycles. The summed E-state index contributed by atoms with van der Waals surface area (Å²) in [6.07, 6.45) is 0.444. The summed E-state index contributed by atoms with van der Waals surface area (Å²) in [6, 6.07) is 24.1. The van der Waals surface area contributed by atoms with Crippen LogP contribution in [-0.2, 0) is 20.9 Å². The molecule has 3 amide bonds. The van der Waals surface area contributed by atoms with Gasteiger partial charge in [0, 0.05) is 24.2 Å². The van der Waals surface area contributed by atoms with Gasteiger partial charge in [-0.15, -0.1) is 0 Å². The molecule has 5 rings (SSSR count). The molecule has 0 fully saturated rings. The zero-order valence-corrected chi connectivity index (χ0v) is 21.7. The van der Waals surface area contributed by atoms with Crippen LogP contribution < -0.4 is 10.6 Å². The number of rotatable bonds is 8. The van der Waals surface area contributed by atoms with Crippen molar-refractivity contribution in [3.05, 3.63) is 95.6 Å². The topological polar surface area (TPSA) is 103 Å².